The third-order valence-electron chi connectivity index (χ3n) is 11.6. The molecule has 3 aromatic carbocycles. The van der Waals surface area contributed by atoms with Gasteiger partial charge < -0.3 is 24.3 Å². The summed E-state index contributed by atoms with van der Waals surface area (Å²) < 4.78 is 14.7. The van der Waals surface area contributed by atoms with Gasteiger partial charge in [-0.15, -0.1) is 5.10 Å². The Bertz CT molecular complexity index is 2140. The summed E-state index contributed by atoms with van der Waals surface area (Å²) in [6.45, 7) is 12.7. The van der Waals surface area contributed by atoms with E-state index in [0.717, 1.165) is 24.1 Å². The van der Waals surface area contributed by atoms with Gasteiger partial charge in [-0.05, 0) is 89.0 Å². The van der Waals surface area contributed by atoms with Gasteiger partial charge in [0.2, 0.25) is 0 Å². The lowest BCUT2D eigenvalue weighted by Crippen LogP contribution is -2.46. The standard InChI is InChI=1S/C44H53N5O6Si/c1-29(2)13-12-14-30(3)21-24-48-37-20-19-33(49-38-17-10-11-18-39(38)54-28-41(49)51)25-35(37)44(43(48)52)31(4)42(56(5,6)53)40(55-44)22-23-47-26-36(45-46-47)34(27-50)32-15-8-7-9-16-32/h7-11,13,15-21,25-26,31,34,40,42,50,53H,12,14,22-24,27-28H2,1-6H3/b30-21+/t31-,34?,40+,42-,44+/m0/s1. The third kappa shape index (κ3) is 7.38. The average Bonchev–Trinajstić information content (AvgIpc) is 3.83. The van der Waals surface area contributed by atoms with Crippen LogP contribution in [0.1, 0.15) is 69.7 Å². The number of aryl methyl sites for hydroxylation is 1. The molecule has 1 unspecified atom stereocenters. The summed E-state index contributed by atoms with van der Waals surface area (Å²) in [5.41, 5.74) is 5.08. The molecular weight excluding hydrogens is 723 g/mol. The summed E-state index contributed by atoms with van der Waals surface area (Å²) >= 11 is 0. The molecule has 56 heavy (non-hydrogen) atoms. The maximum absolute atomic E-state index is 15.1. The Morgan fingerprint density at radius 2 is 1.77 bits per heavy atom. The molecule has 2 amide bonds. The first kappa shape index (κ1) is 39.4. The summed E-state index contributed by atoms with van der Waals surface area (Å²) in [4.78, 5) is 44.0. The molecule has 4 heterocycles. The van der Waals surface area contributed by atoms with Gasteiger partial charge in [0.15, 0.2) is 20.5 Å². The van der Waals surface area contributed by atoms with E-state index in [9.17, 15) is 14.7 Å². The van der Waals surface area contributed by atoms with Gasteiger partial charge in [-0.1, -0.05) is 77.9 Å². The molecule has 1 fully saturated rings. The van der Waals surface area contributed by atoms with Gasteiger partial charge in [0, 0.05) is 42.0 Å². The monoisotopic (exact) mass is 775 g/mol. The highest BCUT2D eigenvalue weighted by molar-refractivity contribution is 6.71. The molecule has 294 valence electrons. The number of anilines is 3. The van der Waals surface area contributed by atoms with Crippen molar-refractivity contribution in [2.24, 2.45) is 5.92 Å². The van der Waals surface area contributed by atoms with Crippen molar-refractivity contribution < 1.29 is 29.0 Å². The minimum absolute atomic E-state index is 0.100. The summed E-state index contributed by atoms with van der Waals surface area (Å²) in [6.07, 6.45) is 8.01. The minimum atomic E-state index is -2.96. The zero-order valence-electron chi connectivity index (χ0n) is 33.2. The molecule has 0 saturated carbocycles. The van der Waals surface area contributed by atoms with Crippen LogP contribution in [-0.4, -0.2) is 70.9 Å². The molecule has 1 aromatic heterocycles. The van der Waals surface area contributed by atoms with Gasteiger partial charge in [-0.25, -0.2) is 0 Å². The van der Waals surface area contributed by atoms with E-state index in [-0.39, 0.29) is 42.4 Å². The fourth-order valence-electron chi connectivity index (χ4n) is 8.88. The highest BCUT2D eigenvalue weighted by atomic mass is 28.4. The number of hydrogen-bond donors (Lipinski definition) is 2. The first-order valence-corrected chi connectivity index (χ1v) is 22.6. The molecule has 0 bridgehead atoms. The smallest absolute Gasteiger partial charge is 0.269 e. The van der Waals surface area contributed by atoms with Crippen LogP contribution in [0.4, 0.5) is 17.1 Å². The number of benzene rings is 3. The lowest BCUT2D eigenvalue weighted by molar-refractivity contribution is -0.145. The molecule has 7 rings (SSSR count). The molecule has 4 aromatic rings. The molecule has 3 aliphatic rings. The fraction of sp³-hybridized carbons (Fsp3) is 0.409. The van der Waals surface area contributed by atoms with Crippen LogP contribution >= 0.6 is 0 Å². The van der Waals surface area contributed by atoms with Crippen molar-refractivity contribution in [2.75, 3.05) is 29.6 Å². The molecule has 5 atom stereocenters. The van der Waals surface area contributed by atoms with Crippen LogP contribution in [0, 0.1) is 5.92 Å². The first-order chi connectivity index (χ1) is 26.8. The van der Waals surface area contributed by atoms with Crippen molar-refractivity contribution in [2.45, 2.75) is 89.8 Å². The number of aromatic nitrogens is 3. The zero-order valence-corrected chi connectivity index (χ0v) is 34.2. The van der Waals surface area contributed by atoms with E-state index in [4.69, 9.17) is 9.47 Å². The summed E-state index contributed by atoms with van der Waals surface area (Å²) in [5.74, 6) is -0.462. The number of para-hydroxylation sites is 2. The highest BCUT2D eigenvalue weighted by Crippen LogP contribution is 2.60. The predicted octanol–water partition coefficient (Wildman–Crippen LogP) is 7.39. The predicted molar refractivity (Wildman–Crippen MR) is 219 cm³/mol. The number of amides is 2. The maximum Gasteiger partial charge on any atom is 0.269 e. The Labute approximate surface area is 330 Å². The first-order valence-electron chi connectivity index (χ1n) is 19.6. The van der Waals surface area contributed by atoms with Gasteiger partial charge in [-0.3, -0.25) is 19.2 Å². The second kappa shape index (κ2) is 15.9. The number of carbonyl (C=O) groups is 2. The zero-order chi connectivity index (χ0) is 39.8. The Hall–Kier alpha value is -4.88. The van der Waals surface area contributed by atoms with E-state index in [1.807, 2.05) is 104 Å². The normalized spacial score (nSPS) is 22.6. The van der Waals surface area contributed by atoms with Crippen LogP contribution in [0.2, 0.25) is 18.6 Å². The quantitative estimate of drug-likeness (QED) is 0.106. The van der Waals surface area contributed by atoms with E-state index in [1.165, 1.54) is 11.1 Å². The van der Waals surface area contributed by atoms with Crippen molar-refractivity contribution >= 4 is 37.2 Å². The van der Waals surface area contributed by atoms with E-state index >= 15 is 4.79 Å². The lowest BCUT2D eigenvalue weighted by atomic mass is 9.82. The minimum Gasteiger partial charge on any atom is -0.482 e. The molecule has 3 aliphatic heterocycles. The van der Waals surface area contributed by atoms with Gasteiger partial charge >= 0.3 is 0 Å². The van der Waals surface area contributed by atoms with E-state index in [1.54, 1.807) is 9.58 Å². The summed E-state index contributed by atoms with van der Waals surface area (Å²) in [7, 11) is -2.96. The third-order valence-corrected chi connectivity index (χ3v) is 14.1. The highest BCUT2D eigenvalue weighted by Gasteiger charge is 2.66. The number of hydrogen-bond acceptors (Lipinski definition) is 8. The van der Waals surface area contributed by atoms with Crippen molar-refractivity contribution in [3.05, 3.63) is 119 Å². The number of nitrogens with zero attached hydrogens (tertiary/aromatic N) is 5. The van der Waals surface area contributed by atoms with Crippen LogP contribution in [-0.2, 0) is 26.5 Å². The fourth-order valence-corrected chi connectivity index (χ4v) is 11.5. The molecule has 1 saturated heterocycles. The Balaban J connectivity index is 1.24. The number of aliphatic hydroxyl groups is 1. The molecule has 0 aliphatic carbocycles. The van der Waals surface area contributed by atoms with Crippen LogP contribution in [0.25, 0.3) is 0 Å². The van der Waals surface area contributed by atoms with Crippen molar-refractivity contribution in [3.8, 4) is 5.75 Å². The molecule has 11 nitrogen and oxygen atoms in total. The summed E-state index contributed by atoms with van der Waals surface area (Å²) in [6, 6.07) is 22.9. The maximum atomic E-state index is 15.1. The van der Waals surface area contributed by atoms with Crippen LogP contribution in [0.3, 0.4) is 0 Å². The molecule has 12 heteroatoms. The summed E-state index contributed by atoms with van der Waals surface area (Å²) in [5, 5.41) is 19.1. The lowest BCUT2D eigenvalue weighted by Gasteiger charge is -2.33. The van der Waals surface area contributed by atoms with Crippen molar-refractivity contribution in [1.82, 2.24) is 15.0 Å². The van der Waals surface area contributed by atoms with Crippen LogP contribution in [0.15, 0.2) is 102 Å². The van der Waals surface area contributed by atoms with E-state index in [2.05, 4.69) is 43.2 Å². The van der Waals surface area contributed by atoms with Crippen molar-refractivity contribution in [1.29, 1.82) is 0 Å². The number of fused-ring (bicyclic) bond motifs is 3. The number of ether oxygens (including phenoxy) is 2. The second-order valence-electron chi connectivity index (χ2n) is 16.2. The van der Waals surface area contributed by atoms with Crippen molar-refractivity contribution in [3.63, 3.8) is 0 Å². The topological polar surface area (TPSA) is 130 Å². The van der Waals surface area contributed by atoms with E-state index < -0.39 is 20.0 Å². The number of carbonyl (C=O) groups excluding carboxylic acids is 2. The van der Waals surface area contributed by atoms with Gasteiger partial charge in [0.25, 0.3) is 11.8 Å². The number of rotatable bonds is 13. The van der Waals surface area contributed by atoms with E-state index in [0.29, 0.717) is 47.9 Å². The molecule has 2 N–H and O–H groups in total. The van der Waals surface area contributed by atoms with Crippen LogP contribution < -0.4 is 14.5 Å². The SMILES string of the molecule is CC(C)=CCC/C(C)=C/CN1C(=O)[C@]2(O[C@H](CCn3cc(C(CO)c4ccccc4)nn3)[C@@H]([Si](C)(C)O)[C@@H]2C)c2cc(N3C(=O)COc4ccccc43)ccc21. The van der Waals surface area contributed by atoms with Gasteiger partial charge in [0.1, 0.15) is 5.75 Å². The molecular formula is C44H53N5O6Si. The number of allylic oxidation sites excluding steroid dienone is 3. The largest absolute Gasteiger partial charge is 0.482 e. The second-order valence-corrected chi connectivity index (χ2v) is 20.1. The number of aliphatic hydroxyl groups excluding tert-OH is 1. The Morgan fingerprint density at radius 3 is 2.50 bits per heavy atom. The van der Waals surface area contributed by atoms with Gasteiger partial charge in [-0.2, -0.15) is 0 Å². The Kier molecular flexibility index (Phi) is 11.2. The Morgan fingerprint density at radius 1 is 1.02 bits per heavy atom. The van der Waals surface area contributed by atoms with Gasteiger partial charge in [0.05, 0.1) is 35.7 Å². The molecule has 1 spiro atoms. The average molecular weight is 776 g/mol. The van der Waals surface area contributed by atoms with Crippen LogP contribution in [0.5, 0.6) is 5.75 Å². The molecule has 0 radical (unpaired) electrons.